The van der Waals surface area contributed by atoms with Crippen molar-refractivity contribution in [3.05, 3.63) is 41.4 Å². The number of amides is 1. The van der Waals surface area contributed by atoms with E-state index in [1.54, 1.807) is 23.1 Å². The molecule has 150 valence electrons. The molecule has 1 unspecified atom stereocenters. The molecule has 2 saturated heterocycles. The maximum atomic E-state index is 12.7. The van der Waals surface area contributed by atoms with Gasteiger partial charge in [-0.3, -0.25) is 9.69 Å². The molecular formula is C21H28N4OS2. The van der Waals surface area contributed by atoms with E-state index in [0.717, 1.165) is 55.7 Å². The number of hydrogen-bond donors (Lipinski definition) is 0. The second-order valence-corrected chi connectivity index (χ2v) is 9.62. The minimum atomic E-state index is 0.255. The number of aryl methyl sites for hydroxylation is 1. The number of thioether (sulfide) groups is 1. The van der Waals surface area contributed by atoms with Gasteiger partial charge in [-0.25, -0.2) is 4.98 Å². The Labute approximate surface area is 175 Å². The number of hydrogen-bond acceptors (Lipinski definition) is 6. The molecule has 0 radical (unpaired) electrons. The van der Waals surface area contributed by atoms with Gasteiger partial charge in [-0.15, -0.1) is 11.3 Å². The number of piperazine rings is 1. The smallest absolute Gasteiger partial charge is 0.233 e. The Morgan fingerprint density at radius 1 is 1.18 bits per heavy atom. The summed E-state index contributed by atoms with van der Waals surface area (Å²) in [5, 5.41) is 2.04. The van der Waals surface area contributed by atoms with Crippen LogP contribution in [-0.4, -0.2) is 71.8 Å². The predicted molar refractivity (Wildman–Crippen MR) is 117 cm³/mol. The number of anilines is 1. The van der Waals surface area contributed by atoms with E-state index < -0.39 is 0 Å². The molecule has 2 fully saturated rings. The van der Waals surface area contributed by atoms with Gasteiger partial charge in [0.25, 0.3) is 0 Å². The molecule has 4 rings (SSSR count). The predicted octanol–water partition coefficient (Wildman–Crippen LogP) is 3.36. The van der Waals surface area contributed by atoms with E-state index in [1.807, 2.05) is 12.3 Å². The van der Waals surface area contributed by atoms with Crippen LogP contribution >= 0.6 is 23.1 Å². The van der Waals surface area contributed by atoms with Crippen LogP contribution in [0.3, 0.4) is 0 Å². The van der Waals surface area contributed by atoms with Crippen molar-refractivity contribution < 1.29 is 4.79 Å². The quantitative estimate of drug-likeness (QED) is 0.699. The van der Waals surface area contributed by atoms with Crippen LogP contribution in [0.5, 0.6) is 0 Å². The molecule has 2 aliphatic heterocycles. The molecule has 1 amide bonds. The van der Waals surface area contributed by atoms with Crippen LogP contribution in [0.2, 0.25) is 0 Å². The SMILES string of the molecule is Cc1csc(SCC(=O)N2CCCC(N3CCN(c4ccccc4)CC3)C2)n1. The first kappa shape index (κ1) is 19.7. The van der Waals surface area contributed by atoms with Crippen LogP contribution < -0.4 is 4.90 Å². The van der Waals surface area contributed by atoms with Crippen molar-refractivity contribution >= 4 is 34.7 Å². The fourth-order valence-corrected chi connectivity index (χ4v) is 5.83. The Balaban J connectivity index is 1.26. The van der Waals surface area contributed by atoms with E-state index >= 15 is 0 Å². The summed E-state index contributed by atoms with van der Waals surface area (Å²) < 4.78 is 0.997. The number of para-hydroxylation sites is 1. The van der Waals surface area contributed by atoms with Crippen molar-refractivity contribution in [1.29, 1.82) is 0 Å². The Bertz CT molecular complexity index is 774. The lowest BCUT2D eigenvalue weighted by molar-refractivity contribution is -0.130. The minimum absolute atomic E-state index is 0.255. The summed E-state index contributed by atoms with van der Waals surface area (Å²) in [6.07, 6.45) is 2.31. The van der Waals surface area contributed by atoms with Crippen LogP contribution in [-0.2, 0) is 4.79 Å². The highest BCUT2D eigenvalue weighted by molar-refractivity contribution is 8.01. The maximum Gasteiger partial charge on any atom is 0.233 e. The lowest BCUT2D eigenvalue weighted by atomic mass is 10.0. The summed E-state index contributed by atoms with van der Waals surface area (Å²) in [7, 11) is 0. The molecule has 0 aliphatic carbocycles. The molecule has 7 heteroatoms. The first-order chi connectivity index (χ1) is 13.7. The Morgan fingerprint density at radius 3 is 2.68 bits per heavy atom. The summed E-state index contributed by atoms with van der Waals surface area (Å²) in [6, 6.07) is 11.2. The fourth-order valence-electron chi connectivity index (χ4n) is 4.08. The second kappa shape index (κ2) is 9.29. The van der Waals surface area contributed by atoms with Crippen LogP contribution in [0.4, 0.5) is 5.69 Å². The van der Waals surface area contributed by atoms with Gasteiger partial charge in [0, 0.05) is 62.1 Å². The normalized spacial score (nSPS) is 21.1. The average Bonchev–Trinajstić information content (AvgIpc) is 3.18. The van der Waals surface area contributed by atoms with Crippen molar-refractivity contribution in [3.63, 3.8) is 0 Å². The van der Waals surface area contributed by atoms with Gasteiger partial charge in [0.05, 0.1) is 5.75 Å². The van der Waals surface area contributed by atoms with Gasteiger partial charge in [-0.1, -0.05) is 30.0 Å². The zero-order chi connectivity index (χ0) is 19.3. The van der Waals surface area contributed by atoms with E-state index in [0.29, 0.717) is 11.8 Å². The number of carbonyl (C=O) groups excluding carboxylic acids is 1. The minimum Gasteiger partial charge on any atom is -0.369 e. The van der Waals surface area contributed by atoms with Crippen molar-refractivity contribution in [1.82, 2.24) is 14.8 Å². The van der Waals surface area contributed by atoms with Gasteiger partial charge in [-0.2, -0.15) is 0 Å². The third-order valence-electron chi connectivity index (χ3n) is 5.62. The summed E-state index contributed by atoms with van der Waals surface area (Å²) >= 11 is 3.20. The first-order valence-electron chi connectivity index (χ1n) is 10.1. The molecule has 0 spiro atoms. The molecule has 2 aliphatic rings. The Kier molecular flexibility index (Phi) is 6.54. The summed E-state index contributed by atoms with van der Waals surface area (Å²) in [5.74, 6) is 0.757. The molecule has 1 aromatic carbocycles. The van der Waals surface area contributed by atoms with E-state index in [9.17, 15) is 4.79 Å². The standard InChI is InChI=1S/C21H28N4OS2/c1-17-15-27-21(22-17)28-16-20(26)25-9-5-8-19(14-25)24-12-10-23(11-13-24)18-6-3-2-4-7-18/h2-4,6-7,15,19H,5,8-14,16H2,1H3. The maximum absolute atomic E-state index is 12.7. The molecule has 0 N–H and O–H groups in total. The molecule has 2 aromatic rings. The number of carbonyl (C=O) groups is 1. The summed E-state index contributed by atoms with van der Waals surface area (Å²) in [4.78, 5) is 24.3. The number of thiazole rings is 1. The van der Waals surface area contributed by atoms with E-state index in [-0.39, 0.29) is 5.91 Å². The molecular weight excluding hydrogens is 388 g/mol. The van der Waals surface area contributed by atoms with E-state index in [2.05, 4.69) is 50.0 Å². The number of benzene rings is 1. The largest absolute Gasteiger partial charge is 0.369 e. The Morgan fingerprint density at radius 2 is 1.96 bits per heavy atom. The average molecular weight is 417 g/mol. The zero-order valence-corrected chi connectivity index (χ0v) is 18.1. The highest BCUT2D eigenvalue weighted by Crippen LogP contribution is 2.24. The van der Waals surface area contributed by atoms with E-state index in [1.165, 1.54) is 12.1 Å². The van der Waals surface area contributed by atoms with Crippen LogP contribution in [0.25, 0.3) is 0 Å². The van der Waals surface area contributed by atoms with Crippen LogP contribution in [0.15, 0.2) is 40.1 Å². The molecule has 5 nitrogen and oxygen atoms in total. The third-order valence-corrected chi connectivity index (χ3v) is 7.74. The van der Waals surface area contributed by atoms with Crippen LogP contribution in [0, 0.1) is 6.92 Å². The van der Waals surface area contributed by atoms with Gasteiger partial charge < -0.3 is 9.80 Å². The highest BCUT2D eigenvalue weighted by atomic mass is 32.2. The topological polar surface area (TPSA) is 39.7 Å². The lowest BCUT2D eigenvalue weighted by Crippen LogP contribution is -2.56. The second-order valence-electron chi connectivity index (χ2n) is 7.54. The van der Waals surface area contributed by atoms with Gasteiger partial charge in [0.15, 0.2) is 4.34 Å². The zero-order valence-electron chi connectivity index (χ0n) is 16.4. The van der Waals surface area contributed by atoms with Crippen LogP contribution in [0.1, 0.15) is 18.5 Å². The summed E-state index contributed by atoms with van der Waals surface area (Å²) in [6.45, 7) is 8.05. The Hall–Kier alpha value is -1.57. The van der Waals surface area contributed by atoms with Gasteiger partial charge in [-0.05, 0) is 31.9 Å². The van der Waals surface area contributed by atoms with Gasteiger partial charge in [0.2, 0.25) is 5.91 Å². The lowest BCUT2D eigenvalue weighted by Gasteiger charge is -2.44. The number of piperidine rings is 1. The highest BCUT2D eigenvalue weighted by Gasteiger charge is 2.30. The third kappa shape index (κ3) is 4.88. The molecule has 1 aromatic heterocycles. The summed E-state index contributed by atoms with van der Waals surface area (Å²) in [5.41, 5.74) is 2.35. The number of nitrogens with zero attached hydrogens (tertiary/aromatic N) is 4. The molecule has 28 heavy (non-hydrogen) atoms. The molecule has 1 atom stereocenters. The molecule has 0 saturated carbocycles. The van der Waals surface area contributed by atoms with E-state index in [4.69, 9.17) is 0 Å². The number of likely N-dealkylation sites (tertiary alicyclic amines) is 1. The fraction of sp³-hybridized carbons (Fsp3) is 0.524. The van der Waals surface area contributed by atoms with Crippen molar-refractivity contribution in [2.24, 2.45) is 0 Å². The molecule has 3 heterocycles. The van der Waals surface area contributed by atoms with Crippen molar-refractivity contribution in [2.75, 3.05) is 49.9 Å². The monoisotopic (exact) mass is 416 g/mol. The molecule has 0 bridgehead atoms. The van der Waals surface area contributed by atoms with Gasteiger partial charge >= 0.3 is 0 Å². The van der Waals surface area contributed by atoms with Gasteiger partial charge in [0.1, 0.15) is 0 Å². The number of rotatable bonds is 5. The first-order valence-corrected chi connectivity index (χ1v) is 11.9. The van der Waals surface area contributed by atoms with Crippen molar-refractivity contribution in [3.8, 4) is 0 Å². The van der Waals surface area contributed by atoms with Crippen molar-refractivity contribution in [2.45, 2.75) is 30.1 Å². The number of aromatic nitrogens is 1.